The number of hydrogen-bond donors (Lipinski definition) is 0. The average molecular weight is 625 g/mol. The second kappa shape index (κ2) is 9.42. The Hall–Kier alpha value is -5.80. The maximum atomic E-state index is 2.71. The largest absolute Gasteiger partial charge is 0.376 e. The molecule has 0 N–H and O–H groups in total. The van der Waals surface area contributed by atoms with Gasteiger partial charge in [0.05, 0.1) is 11.0 Å². The maximum Gasteiger partial charge on any atom is 0.333 e. The van der Waals surface area contributed by atoms with E-state index in [4.69, 9.17) is 0 Å². The minimum Gasteiger partial charge on any atom is -0.376 e. The van der Waals surface area contributed by atoms with Crippen LogP contribution < -0.4 is 15.7 Å². The summed E-state index contributed by atoms with van der Waals surface area (Å²) in [6.45, 7) is 7.05. The Labute approximate surface area is 287 Å². The molecular weight excluding hydrogens is 591 g/mol. The Balaban J connectivity index is 1.37. The van der Waals surface area contributed by atoms with Gasteiger partial charge in [-0.3, -0.25) is 0 Å². The molecule has 2 nitrogen and oxygen atoms in total. The number of rotatable bonds is 2. The first-order chi connectivity index (χ1) is 24.0. The van der Waals surface area contributed by atoms with Gasteiger partial charge in [0, 0.05) is 44.4 Å². The molecule has 8 aromatic rings. The van der Waals surface area contributed by atoms with E-state index >= 15 is 0 Å². The highest BCUT2D eigenvalue weighted by molar-refractivity contribution is 6.93. The molecule has 0 bridgehead atoms. The molecule has 0 amide bonds. The molecule has 7 aromatic carbocycles. The highest BCUT2D eigenvalue weighted by atomic mass is 15.1. The third kappa shape index (κ3) is 3.37. The summed E-state index contributed by atoms with van der Waals surface area (Å²) in [4.78, 5) is 2.71. The Kier molecular flexibility index (Phi) is 5.23. The summed E-state index contributed by atoms with van der Waals surface area (Å²) < 4.78 is 2.56. The van der Waals surface area contributed by atoms with Crippen LogP contribution in [0, 0.1) is 6.92 Å². The van der Waals surface area contributed by atoms with E-state index in [-0.39, 0.29) is 12.3 Å². The molecule has 0 spiro atoms. The van der Waals surface area contributed by atoms with Crippen molar-refractivity contribution in [2.75, 3.05) is 4.81 Å². The van der Waals surface area contributed by atoms with Crippen LogP contribution in [0.5, 0.6) is 0 Å². The number of nitrogens with zero attached hydrogens (tertiary/aromatic N) is 2. The lowest BCUT2D eigenvalue weighted by Gasteiger charge is -2.44. The molecule has 0 saturated heterocycles. The van der Waals surface area contributed by atoms with Crippen molar-refractivity contribution in [1.29, 1.82) is 0 Å². The van der Waals surface area contributed by atoms with Crippen molar-refractivity contribution >= 4 is 51.0 Å². The van der Waals surface area contributed by atoms with Crippen molar-refractivity contribution in [1.82, 2.24) is 4.57 Å². The minimum absolute atomic E-state index is 0.00805. The number of fused-ring (bicyclic) bond motifs is 11. The van der Waals surface area contributed by atoms with Crippen molar-refractivity contribution in [3.8, 4) is 39.1 Å². The molecule has 1 aliphatic carbocycles. The fourth-order valence-corrected chi connectivity index (χ4v) is 9.54. The smallest absolute Gasteiger partial charge is 0.333 e. The molecule has 0 saturated carbocycles. The Bertz CT molecular complexity index is 2720. The number of para-hydroxylation sites is 3. The molecule has 0 radical (unpaired) electrons. The van der Waals surface area contributed by atoms with E-state index in [2.05, 4.69) is 176 Å². The van der Waals surface area contributed by atoms with Gasteiger partial charge in [-0.05, 0) is 81.1 Å². The van der Waals surface area contributed by atoms with Gasteiger partial charge in [-0.25, -0.2) is 0 Å². The number of anilines is 2. The summed E-state index contributed by atoms with van der Waals surface area (Å²) in [6.07, 6.45) is 0. The fourth-order valence-electron chi connectivity index (χ4n) is 9.54. The van der Waals surface area contributed by atoms with Crippen LogP contribution in [-0.2, 0) is 5.41 Å². The van der Waals surface area contributed by atoms with Gasteiger partial charge in [0.1, 0.15) is 0 Å². The summed E-state index contributed by atoms with van der Waals surface area (Å²) in [7, 11) is 0. The maximum absolute atomic E-state index is 2.71. The first-order valence-corrected chi connectivity index (χ1v) is 17.4. The highest BCUT2D eigenvalue weighted by Gasteiger charge is 2.47. The van der Waals surface area contributed by atoms with E-state index in [0.29, 0.717) is 0 Å². The lowest BCUT2D eigenvalue weighted by Crippen LogP contribution is -2.61. The minimum atomic E-state index is -0.102. The molecule has 3 heteroatoms. The van der Waals surface area contributed by atoms with Gasteiger partial charge >= 0.3 is 6.85 Å². The van der Waals surface area contributed by atoms with Gasteiger partial charge in [-0.2, -0.15) is 0 Å². The van der Waals surface area contributed by atoms with Crippen LogP contribution >= 0.6 is 0 Å². The van der Waals surface area contributed by atoms with E-state index in [1.54, 1.807) is 0 Å². The van der Waals surface area contributed by atoms with Crippen molar-refractivity contribution in [3.05, 3.63) is 162 Å². The summed E-state index contributed by atoms with van der Waals surface area (Å²) in [5, 5.41) is 2.61. The lowest BCUT2D eigenvalue weighted by atomic mass is 9.43. The number of benzene rings is 7. The van der Waals surface area contributed by atoms with Crippen LogP contribution in [0.3, 0.4) is 0 Å². The van der Waals surface area contributed by atoms with Gasteiger partial charge in [-0.1, -0.05) is 135 Å². The fraction of sp³-hybridized carbons (Fsp3) is 0.0870. The normalized spacial score (nSPS) is 14.5. The Morgan fingerprint density at radius 2 is 1.31 bits per heavy atom. The molecule has 2 aliphatic heterocycles. The average Bonchev–Trinajstić information content (AvgIpc) is 3.60. The van der Waals surface area contributed by atoms with Crippen LogP contribution in [0.2, 0.25) is 0 Å². The van der Waals surface area contributed by atoms with Gasteiger partial charge in [0.2, 0.25) is 0 Å². The number of hydrogen-bond acceptors (Lipinski definition) is 1. The molecule has 11 rings (SSSR count). The second-order valence-electron chi connectivity index (χ2n) is 14.5. The molecule has 3 aliphatic rings. The number of aryl methyl sites for hydroxylation is 1. The van der Waals surface area contributed by atoms with Crippen molar-refractivity contribution in [3.63, 3.8) is 0 Å². The van der Waals surface area contributed by atoms with Crippen LogP contribution in [0.4, 0.5) is 11.4 Å². The van der Waals surface area contributed by atoms with E-state index in [9.17, 15) is 0 Å². The molecule has 0 fully saturated rings. The molecule has 0 unspecified atom stereocenters. The van der Waals surface area contributed by atoms with E-state index in [0.717, 1.165) is 0 Å². The van der Waals surface area contributed by atoms with E-state index in [1.165, 1.54) is 99.9 Å². The van der Waals surface area contributed by atoms with Gasteiger partial charge in [-0.15, -0.1) is 0 Å². The second-order valence-corrected chi connectivity index (χ2v) is 14.5. The monoisotopic (exact) mass is 624 g/mol. The third-order valence-electron chi connectivity index (χ3n) is 11.7. The zero-order chi connectivity index (χ0) is 32.6. The predicted octanol–water partition coefficient (Wildman–Crippen LogP) is 10.3. The van der Waals surface area contributed by atoms with Crippen molar-refractivity contribution in [2.24, 2.45) is 0 Å². The molecule has 1 aromatic heterocycles. The Morgan fingerprint density at radius 3 is 2.18 bits per heavy atom. The quantitative estimate of drug-likeness (QED) is 0.174. The van der Waals surface area contributed by atoms with Crippen molar-refractivity contribution in [2.45, 2.75) is 26.2 Å². The third-order valence-corrected chi connectivity index (χ3v) is 11.7. The SMILES string of the molecule is Cc1ccccc1N1B2c3c(cc(-c4ccccc4)cc3-n3c4ccccc4c4cccc2c43)-c2ccc3c(c21)-c1ccccc1C3(C)C. The summed E-state index contributed by atoms with van der Waals surface area (Å²) in [5.41, 5.74) is 21.0. The first kappa shape index (κ1) is 27.2. The van der Waals surface area contributed by atoms with Gasteiger partial charge in [0.25, 0.3) is 0 Å². The molecule has 230 valence electrons. The molecule has 49 heavy (non-hydrogen) atoms. The van der Waals surface area contributed by atoms with Crippen LogP contribution in [0.1, 0.15) is 30.5 Å². The van der Waals surface area contributed by atoms with Crippen LogP contribution in [0.15, 0.2) is 146 Å². The van der Waals surface area contributed by atoms with E-state index in [1.807, 2.05) is 0 Å². The molecular formula is C46H33BN2. The highest BCUT2D eigenvalue weighted by Crippen LogP contribution is 2.57. The lowest BCUT2D eigenvalue weighted by molar-refractivity contribution is 0.660. The van der Waals surface area contributed by atoms with Gasteiger partial charge in [0.15, 0.2) is 0 Å². The van der Waals surface area contributed by atoms with Crippen molar-refractivity contribution < 1.29 is 0 Å². The van der Waals surface area contributed by atoms with Crippen LogP contribution in [0.25, 0.3) is 60.9 Å². The predicted molar refractivity (Wildman–Crippen MR) is 208 cm³/mol. The van der Waals surface area contributed by atoms with Gasteiger partial charge < -0.3 is 9.38 Å². The summed E-state index contributed by atoms with van der Waals surface area (Å²) >= 11 is 0. The zero-order valence-corrected chi connectivity index (χ0v) is 27.8. The first-order valence-electron chi connectivity index (χ1n) is 17.4. The Morgan fingerprint density at radius 1 is 0.551 bits per heavy atom. The standard InChI is InChI=1S/C46H33BN2/c1-28-14-7-11-22-39(28)49-45-33(24-25-37-42(45)34-18-8-10-20-36(34)46(37,2)3)35-26-30(29-15-5-4-6-16-29)27-41-43(35)47(49)38-21-13-19-32-31-17-9-12-23-40(31)48(41)44(32)38/h4-27H,1-3H3. The molecule has 3 heterocycles. The van der Waals surface area contributed by atoms with Crippen LogP contribution in [-0.4, -0.2) is 11.4 Å². The summed E-state index contributed by atoms with van der Waals surface area (Å²) in [5.74, 6) is 0. The molecule has 0 atom stereocenters. The number of aromatic nitrogens is 1. The summed E-state index contributed by atoms with van der Waals surface area (Å²) in [6, 6.07) is 54.7. The topological polar surface area (TPSA) is 8.17 Å². The zero-order valence-electron chi connectivity index (χ0n) is 27.8. The van der Waals surface area contributed by atoms with E-state index < -0.39 is 0 Å².